The quantitative estimate of drug-likeness (QED) is 0.640. The zero-order chi connectivity index (χ0) is 19.7. The number of carbonyl (C=O) groups is 2. The zero-order valence-electron chi connectivity index (χ0n) is 14.9. The van der Waals surface area contributed by atoms with E-state index in [0.717, 1.165) is 16.5 Å². The summed E-state index contributed by atoms with van der Waals surface area (Å²) in [4.78, 5) is 26.7. The van der Waals surface area contributed by atoms with E-state index in [1.807, 2.05) is 49.4 Å². The van der Waals surface area contributed by atoms with E-state index in [1.54, 1.807) is 29.2 Å². The number of hydrogen-bond donors (Lipinski definition) is 1. The van der Waals surface area contributed by atoms with Gasteiger partial charge >= 0.3 is 0 Å². The summed E-state index contributed by atoms with van der Waals surface area (Å²) in [5, 5.41) is 6.92. The first-order valence-corrected chi connectivity index (χ1v) is 9.92. The molecule has 1 atom stereocenters. The van der Waals surface area contributed by atoms with Gasteiger partial charge in [-0.15, -0.1) is 5.10 Å². The van der Waals surface area contributed by atoms with Crippen molar-refractivity contribution in [2.75, 3.05) is 4.90 Å². The van der Waals surface area contributed by atoms with Crippen LogP contribution < -0.4 is 10.3 Å². The number of anilines is 1. The normalized spacial score (nSPS) is 18.1. The monoisotopic (exact) mass is 409 g/mol. The summed E-state index contributed by atoms with van der Waals surface area (Å²) in [6.07, 6.45) is 0. The molecule has 7 heteroatoms. The number of benzene rings is 3. The van der Waals surface area contributed by atoms with E-state index in [-0.39, 0.29) is 17.1 Å². The van der Waals surface area contributed by atoms with E-state index in [1.165, 1.54) is 11.8 Å². The maximum Gasteiger partial charge on any atom is 0.271 e. The van der Waals surface area contributed by atoms with Crippen molar-refractivity contribution >= 4 is 56.8 Å². The molecule has 1 aliphatic rings. The molecule has 0 aliphatic carbocycles. The number of fused-ring (bicyclic) bond motifs is 1. The summed E-state index contributed by atoms with van der Waals surface area (Å²) in [6.45, 7) is 1.83. The molecule has 2 amide bonds. The topological polar surface area (TPSA) is 61.8 Å². The maximum atomic E-state index is 12.8. The second-order valence-electron chi connectivity index (χ2n) is 6.27. The van der Waals surface area contributed by atoms with Gasteiger partial charge in [0.05, 0.1) is 10.9 Å². The van der Waals surface area contributed by atoms with E-state index in [4.69, 9.17) is 11.6 Å². The predicted octanol–water partition coefficient (Wildman–Crippen LogP) is 4.66. The Morgan fingerprint density at radius 1 is 1.07 bits per heavy atom. The first-order chi connectivity index (χ1) is 13.5. The number of rotatable bonds is 3. The molecule has 0 bridgehead atoms. The molecular weight excluding hydrogens is 394 g/mol. The van der Waals surface area contributed by atoms with Crippen LogP contribution >= 0.6 is 23.4 Å². The van der Waals surface area contributed by atoms with Gasteiger partial charge in [-0.3, -0.25) is 14.5 Å². The summed E-state index contributed by atoms with van der Waals surface area (Å²) in [7, 11) is 0. The van der Waals surface area contributed by atoms with Gasteiger partial charge in [-0.2, -0.15) is 0 Å². The van der Waals surface area contributed by atoms with Crippen molar-refractivity contribution in [2.24, 2.45) is 5.10 Å². The first kappa shape index (κ1) is 18.5. The average molecular weight is 410 g/mol. The largest absolute Gasteiger partial charge is 0.273 e. The Hall–Kier alpha value is -2.83. The highest BCUT2D eigenvalue weighted by molar-refractivity contribution is 8.16. The third kappa shape index (κ3) is 3.48. The third-order valence-electron chi connectivity index (χ3n) is 4.41. The van der Waals surface area contributed by atoms with Gasteiger partial charge in [0.2, 0.25) is 5.91 Å². The Labute approximate surface area is 171 Å². The molecule has 3 aromatic carbocycles. The second kappa shape index (κ2) is 7.66. The molecule has 1 heterocycles. The summed E-state index contributed by atoms with van der Waals surface area (Å²) >= 11 is 7.17. The molecule has 1 saturated heterocycles. The Balaban J connectivity index is 1.67. The van der Waals surface area contributed by atoms with Crippen molar-refractivity contribution in [3.05, 3.63) is 77.3 Å². The van der Waals surface area contributed by atoms with Gasteiger partial charge in [-0.25, -0.2) is 5.43 Å². The van der Waals surface area contributed by atoms with Gasteiger partial charge in [0.15, 0.2) is 5.17 Å². The van der Waals surface area contributed by atoms with Gasteiger partial charge < -0.3 is 0 Å². The van der Waals surface area contributed by atoms with Crippen LogP contribution in [-0.4, -0.2) is 22.2 Å². The molecule has 0 spiro atoms. The van der Waals surface area contributed by atoms with Crippen LogP contribution in [0, 0.1) is 0 Å². The van der Waals surface area contributed by atoms with Crippen molar-refractivity contribution in [1.82, 2.24) is 5.43 Å². The van der Waals surface area contributed by atoms with Crippen molar-refractivity contribution in [1.29, 1.82) is 0 Å². The molecule has 1 fully saturated rings. The van der Waals surface area contributed by atoms with Crippen molar-refractivity contribution < 1.29 is 9.59 Å². The molecule has 3 aromatic rings. The number of halogens is 1. The van der Waals surface area contributed by atoms with Crippen LogP contribution in [-0.2, 0) is 4.79 Å². The molecule has 1 unspecified atom stereocenters. The molecule has 28 heavy (non-hydrogen) atoms. The van der Waals surface area contributed by atoms with Gasteiger partial charge in [0.25, 0.3) is 5.91 Å². The molecule has 1 aliphatic heterocycles. The highest BCUT2D eigenvalue weighted by Crippen LogP contribution is 2.35. The van der Waals surface area contributed by atoms with Crippen molar-refractivity contribution in [2.45, 2.75) is 12.2 Å². The van der Waals surface area contributed by atoms with E-state index >= 15 is 0 Å². The lowest BCUT2D eigenvalue weighted by Crippen LogP contribution is -2.33. The van der Waals surface area contributed by atoms with Gasteiger partial charge in [0, 0.05) is 16.0 Å². The number of amidine groups is 1. The van der Waals surface area contributed by atoms with Crippen LogP contribution in [0.15, 0.2) is 71.8 Å². The number of hydrazone groups is 1. The highest BCUT2D eigenvalue weighted by Gasteiger charge is 2.37. The fraction of sp³-hybridized carbons (Fsp3) is 0.0952. The smallest absolute Gasteiger partial charge is 0.271 e. The number of nitrogens with one attached hydrogen (secondary N) is 1. The fourth-order valence-corrected chi connectivity index (χ4v) is 4.04. The molecule has 140 valence electrons. The molecule has 5 nitrogen and oxygen atoms in total. The molecule has 1 N–H and O–H groups in total. The minimum Gasteiger partial charge on any atom is -0.273 e. The number of nitrogens with zero attached hydrogens (tertiary/aromatic N) is 2. The van der Waals surface area contributed by atoms with Crippen LogP contribution in [0.2, 0.25) is 5.02 Å². The minimum atomic E-state index is -0.366. The number of carbonyl (C=O) groups excluding carboxylic acids is 2. The highest BCUT2D eigenvalue weighted by atomic mass is 35.5. The molecule has 0 radical (unpaired) electrons. The van der Waals surface area contributed by atoms with Crippen molar-refractivity contribution in [3.63, 3.8) is 0 Å². The lowest BCUT2D eigenvalue weighted by Gasteiger charge is -2.18. The number of hydrogen-bond acceptors (Lipinski definition) is 4. The standard InChI is InChI=1S/C21H16ClN3O2S/c1-13-20(27)25(18-8-4-6-14-5-2-3-7-17(14)18)21(28-13)24-23-19(26)15-9-11-16(22)12-10-15/h2-13H,1H3,(H,23,26)/b24-21+. The van der Waals surface area contributed by atoms with E-state index in [9.17, 15) is 9.59 Å². The SMILES string of the molecule is CC1S/C(=N/NC(=O)c2ccc(Cl)cc2)N(c2cccc3ccccc23)C1=O. The molecule has 0 saturated carbocycles. The first-order valence-electron chi connectivity index (χ1n) is 8.66. The average Bonchev–Trinajstić information content (AvgIpc) is 3.00. The minimum absolute atomic E-state index is 0.0687. The van der Waals surface area contributed by atoms with Crippen molar-refractivity contribution in [3.8, 4) is 0 Å². The number of amides is 2. The lowest BCUT2D eigenvalue weighted by molar-refractivity contribution is -0.116. The molecule has 4 rings (SSSR count). The van der Waals surface area contributed by atoms with Crippen LogP contribution in [0.3, 0.4) is 0 Å². The lowest BCUT2D eigenvalue weighted by atomic mass is 10.1. The maximum absolute atomic E-state index is 12.8. The fourth-order valence-electron chi connectivity index (χ4n) is 3.00. The van der Waals surface area contributed by atoms with E-state index in [0.29, 0.717) is 15.8 Å². The summed E-state index contributed by atoms with van der Waals surface area (Å²) in [5.41, 5.74) is 3.73. The number of thioether (sulfide) groups is 1. The van der Waals surface area contributed by atoms with Gasteiger partial charge in [0.1, 0.15) is 0 Å². The summed E-state index contributed by atoms with van der Waals surface area (Å²) < 4.78 is 0. The second-order valence-corrected chi connectivity index (χ2v) is 8.02. The molecule has 0 aromatic heterocycles. The summed E-state index contributed by atoms with van der Waals surface area (Å²) in [5.74, 6) is -0.435. The predicted molar refractivity (Wildman–Crippen MR) is 115 cm³/mol. The van der Waals surface area contributed by atoms with Gasteiger partial charge in [-0.05, 0) is 42.6 Å². The Morgan fingerprint density at radius 3 is 2.57 bits per heavy atom. The summed E-state index contributed by atoms with van der Waals surface area (Å²) in [6, 6.07) is 20.2. The molecular formula is C21H16ClN3O2S. The van der Waals surface area contributed by atoms with Crippen LogP contribution in [0.4, 0.5) is 5.69 Å². The van der Waals surface area contributed by atoms with E-state index in [2.05, 4.69) is 10.5 Å². The van der Waals surface area contributed by atoms with Crippen LogP contribution in [0.1, 0.15) is 17.3 Å². The third-order valence-corrected chi connectivity index (χ3v) is 5.70. The Morgan fingerprint density at radius 2 is 1.79 bits per heavy atom. The van der Waals surface area contributed by atoms with E-state index < -0.39 is 0 Å². The van der Waals surface area contributed by atoms with Crippen LogP contribution in [0.5, 0.6) is 0 Å². The van der Waals surface area contributed by atoms with Gasteiger partial charge in [-0.1, -0.05) is 59.8 Å². The zero-order valence-corrected chi connectivity index (χ0v) is 16.5. The Bertz CT molecular complexity index is 1090. The van der Waals surface area contributed by atoms with Crippen LogP contribution in [0.25, 0.3) is 10.8 Å². The Kier molecular flexibility index (Phi) is 5.07.